The summed E-state index contributed by atoms with van der Waals surface area (Å²) in [6, 6.07) is 16.5. The number of ether oxygens (including phenoxy) is 3. The van der Waals surface area contributed by atoms with Crippen LogP contribution in [-0.2, 0) is 18.8 Å². The third-order valence-electron chi connectivity index (χ3n) is 7.49. The smallest absolute Gasteiger partial charge is 0.493 e. The quantitative estimate of drug-likeness (QED) is 0.0621. The van der Waals surface area contributed by atoms with E-state index in [1.807, 2.05) is 56.3 Å². The number of methoxy groups -OCH3 is 1. The lowest BCUT2D eigenvalue weighted by molar-refractivity contribution is -0.152. The summed E-state index contributed by atoms with van der Waals surface area (Å²) in [7, 11) is -3.61. The number of urea groups is 1. The summed E-state index contributed by atoms with van der Waals surface area (Å²) in [5.74, 6) is -1.33. The van der Waals surface area contributed by atoms with E-state index in [2.05, 4.69) is 47.8 Å². The monoisotopic (exact) mass is 713 g/mol. The number of nitrogens with zero attached hydrogens (tertiary/aromatic N) is 1. The molecule has 0 aliphatic heterocycles. The Morgan fingerprint density at radius 3 is 2.10 bits per heavy atom. The first-order valence-electron chi connectivity index (χ1n) is 16.4. The Bertz CT molecular complexity index is 1650. The Labute approximate surface area is 293 Å². The molecule has 0 saturated heterocycles. The fraction of sp³-hybridized carbons (Fsp3) is 0.417. The van der Waals surface area contributed by atoms with Crippen LogP contribution in [0.2, 0.25) is 0 Å². The molecule has 0 aromatic heterocycles. The van der Waals surface area contributed by atoms with E-state index in [0.29, 0.717) is 29.6 Å². The van der Waals surface area contributed by atoms with Crippen LogP contribution in [0.25, 0.3) is 0 Å². The summed E-state index contributed by atoms with van der Waals surface area (Å²) in [5, 5.41) is 5.93. The van der Waals surface area contributed by atoms with Crippen molar-refractivity contribution in [3.8, 4) is 11.5 Å². The van der Waals surface area contributed by atoms with Crippen molar-refractivity contribution < 1.29 is 47.5 Å². The number of hydrogen-bond donors (Lipinski definition) is 4. The number of esters is 2. The molecule has 0 unspecified atom stereocenters. The van der Waals surface area contributed by atoms with Crippen molar-refractivity contribution in [3.05, 3.63) is 77.4 Å². The molecule has 0 aliphatic rings. The molecule has 0 heterocycles. The highest BCUT2D eigenvalue weighted by molar-refractivity contribution is 7.46. The van der Waals surface area contributed by atoms with E-state index in [4.69, 9.17) is 24.0 Å². The summed E-state index contributed by atoms with van der Waals surface area (Å²) < 4.78 is 31.1. The van der Waals surface area contributed by atoms with E-state index < -0.39 is 32.6 Å². The number of carbonyl (C=O) groups excluding carboxylic acids is 3. The fourth-order valence-corrected chi connectivity index (χ4v) is 5.65. The van der Waals surface area contributed by atoms with Gasteiger partial charge in [0.2, 0.25) is 6.79 Å². The molecule has 3 aromatic rings. The van der Waals surface area contributed by atoms with Gasteiger partial charge in [-0.15, -0.1) is 0 Å². The van der Waals surface area contributed by atoms with Gasteiger partial charge in [-0.05, 0) is 79.1 Å². The third-order valence-corrected chi connectivity index (χ3v) is 7.93. The fourth-order valence-electron chi connectivity index (χ4n) is 5.25. The molecule has 1 atom stereocenters. The van der Waals surface area contributed by atoms with Gasteiger partial charge >= 0.3 is 25.8 Å². The van der Waals surface area contributed by atoms with Crippen LogP contribution in [0.3, 0.4) is 0 Å². The molecular weight excluding hydrogens is 665 g/mol. The Hall–Kier alpha value is -4.58. The number of aryl methyl sites for hydroxylation is 1. The van der Waals surface area contributed by atoms with Crippen molar-refractivity contribution in [1.82, 2.24) is 0 Å². The number of amides is 2. The topological polar surface area (TPSA) is 173 Å². The normalized spacial score (nSPS) is 11.9. The second-order valence-electron chi connectivity index (χ2n) is 12.7. The Morgan fingerprint density at radius 2 is 1.52 bits per heavy atom. The Balaban J connectivity index is 1.74. The maximum Gasteiger partial charge on any atom is 0.524 e. The first-order valence-corrected chi connectivity index (χ1v) is 17.9. The molecular formula is C36H48N3O10P. The van der Waals surface area contributed by atoms with Crippen LogP contribution < -0.4 is 24.8 Å². The van der Waals surface area contributed by atoms with Crippen molar-refractivity contribution >= 4 is 42.9 Å². The molecule has 0 saturated carbocycles. The first-order chi connectivity index (χ1) is 23.6. The van der Waals surface area contributed by atoms with E-state index in [-0.39, 0.29) is 29.4 Å². The molecule has 3 rings (SSSR count). The minimum Gasteiger partial charge on any atom is -0.493 e. The van der Waals surface area contributed by atoms with Crippen LogP contribution in [0.15, 0.2) is 60.7 Å². The third kappa shape index (κ3) is 12.7. The zero-order valence-electron chi connectivity index (χ0n) is 29.6. The van der Waals surface area contributed by atoms with Gasteiger partial charge in [0, 0.05) is 18.8 Å². The molecule has 50 heavy (non-hydrogen) atoms. The van der Waals surface area contributed by atoms with Gasteiger partial charge < -0.3 is 34.3 Å². The second kappa shape index (κ2) is 18.4. The molecule has 0 bridgehead atoms. The predicted molar refractivity (Wildman–Crippen MR) is 192 cm³/mol. The zero-order chi connectivity index (χ0) is 37.0. The number of phosphoric ester groups is 1. The SMILES string of the molecule is CC[C@@H](CC(=O)OCOC(=O)c1ccc(OP(=O)(O)O)c(OC)c1)c1ccc(N(CC(C)C)CC(C)C)c(NC(=O)Nc2ccc(C)cc2)c1. The molecule has 13 nitrogen and oxygen atoms in total. The molecule has 0 aliphatic carbocycles. The van der Waals surface area contributed by atoms with Gasteiger partial charge in [0.05, 0.1) is 30.5 Å². The number of nitrogens with one attached hydrogen (secondary N) is 2. The van der Waals surface area contributed by atoms with E-state index in [1.165, 1.54) is 19.2 Å². The molecule has 0 fully saturated rings. The summed E-state index contributed by atoms with van der Waals surface area (Å²) in [4.78, 5) is 59.0. The molecule has 2 amide bonds. The van der Waals surface area contributed by atoms with Crippen LogP contribution in [0.1, 0.15) is 74.9 Å². The van der Waals surface area contributed by atoms with Gasteiger partial charge in [0.1, 0.15) is 0 Å². The zero-order valence-corrected chi connectivity index (χ0v) is 30.5. The van der Waals surface area contributed by atoms with Crippen LogP contribution in [-0.4, -0.2) is 54.7 Å². The van der Waals surface area contributed by atoms with E-state index >= 15 is 0 Å². The Kier molecular flexibility index (Phi) is 14.7. The van der Waals surface area contributed by atoms with E-state index in [9.17, 15) is 18.9 Å². The average Bonchev–Trinajstić information content (AvgIpc) is 3.03. The van der Waals surface area contributed by atoms with Gasteiger partial charge in [0.15, 0.2) is 11.5 Å². The van der Waals surface area contributed by atoms with Crippen molar-refractivity contribution in [1.29, 1.82) is 0 Å². The van der Waals surface area contributed by atoms with Gasteiger partial charge in [-0.3, -0.25) is 14.6 Å². The molecule has 4 N–H and O–H groups in total. The lowest BCUT2D eigenvalue weighted by Gasteiger charge is -2.31. The van der Waals surface area contributed by atoms with Gasteiger partial charge in [0.25, 0.3) is 0 Å². The van der Waals surface area contributed by atoms with Crippen molar-refractivity contribution in [2.75, 3.05) is 42.5 Å². The van der Waals surface area contributed by atoms with Crippen LogP contribution in [0.4, 0.5) is 21.9 Å². The summed E-state index contributed by atoms with van der Waals surface area (Å²) >= 11 is 0. The number of phosphoric acid groups is 1. The molecule has 0 radical (unpaired) electrons. The van der Waals surface area contributed by atoms with Gasteiger partial charge in [-0.2, -0.15) is 0 Å². The van der Waals surface area contributed by atoms with Crippen molar-refractivity contribution in [3.63, 3.8) is 0 Å². The van der Waals surface area contributed by atoms with Gasteiger partial charge in [-0.1, -0.05) is 58.4 Å². The first kappa shape index (κ1) is 39.9. The van der Waals surface area contributed by atoms with Crippen molar-refractivity contribution in [2.24, 2.45) is 11.8 Å². The van der Waals surface area contributed by atoms with Gasteiger partial charge in [-0.25, -0.2) is 14.2 Å². The highest BCUT2D eigenvalue weighted by Gasteiger charge is 2.23. The minimum absolute atomic E-state index is 0.00760. The highest BCUT2D eigenvalue weighted by atomic mass is 31.2. The predicted octanol–water partition coefficient (Wildman–Crippen LogP) is 7.48. The minimum atomic E-state index is -4.85. The molecule has 272 valence electrons. The number of hydrogen-bond acceptors (Lipinski definition) is 9. The summed E-state index contributed by atoms with van der Waals surface area (Å²) in [6.45, 7) is 13.4. The Morgan fingerprint density at radius 1 is 0.860 bits per heavy atom. The molecule has 3 aromatic carbocycles. The standard InChI is InChI=1S/C36H48N3O10P/c1-8-26(19-34(40)47-22-48-35(41)28-12-16-32(33(18-28)46-7)49-50(43,44)45)27-11-15-31(39(20-23(2)3)21-24(4)5)30(17-27)38-36(42)37-29-13-9-25(6)10-14-29/h9-18,23-24,26H,8,19-22H2,1-7H3,(H2,37,38,42)(H2,43,44,45)/t26-/m0/s1. The largest absolute Gasteiger partial charge is 0.524 e. The summed E-state index contributed by atoms with van der Waals surface area (Å²) in [5.41, 5.74) is 4.04. The maximum atomic E-state index is 13.2. The highest BCUT2D eigenvalue weighted by Crippen LogP contribution is 2.42. The molecule has 0 spiro atoms. The number of benzene rings is 3. The van der Waals surface area contributed by atoms with E-state index in [0.717, 1.165) is 36.0 Å². The van der Waals surface area contributed by atoms with Crippen LogP contribution in [0.5, 0.6) is 11.5 Å². The lowest BCUT2D eigenvalue weighted by atomic mass is 9.92. The van der Waals surface area contributed by atoms with Crippen molar-refractivity contribution in [2.45, 2.75) is 60.3 Å². The number of carbonyl (C=O) groups is 3. The van der Waals surface area contributed by atoms with E-state index in [1.54, 1.807) is 0 Å². The van der Waals surface area contributed by atoms with Crippen LogP contribution in [0, 0.1) is 18.8 Å². The maximum absolute atomic E-state index is 13.2. The number of rotatable bonds is 17. The summed E-state index contributed by atoms with van der Waals surface area (Å²) in [6.07, 6.45) is 0.583. The molecule has 14 heteroatoms. The number of anilines is 3. The van der Waals surface area contributed by atoms with Crippen LogP contribution >= 0.6 is 7.82 Å². The lowest BCUT2D eigenvalue weighted by Crippen LogP contribution is -2.32. The average molecular weight is 714 g/mol. The second-order valence-corrected chi connectivity index (χ2v) is 13.9.